The smallest absolute Gasteiger partial charge is 0.0728 e. The Bertz CT molecular complexity index is 268. The molecule has 3 nitrogen and oxygen atoms in total. The summed E-state index contributed by atoms with van der Waals surface area (Å²) in [6.07, 6.45) is 2.92. The van der Waals surface area contributed by atoms with Crippen LogP contribution in [0.5, 0.6) is 0 Å². The lowest BCUT2D eigenvalue weighted by atomic mass is 9.84. The van der Waals surface area contributed by atoms with Gasteiger partial charge < -0.3 is 10.1 Å². The fourth-order valence-corrected chi connectivity index (χ4v) is 3.23. The molecule has 0 radical (unpaired) electrons. The molecule has 18 heavy (non-hydrogen) atoms. The second kappa shape index (κ2) is 5.48. The number of hydrogen-bond acceptors (Lipinski definition) is 3. The second-order valence-electron chi connectivity index (χ2n) is 7.16. The van der Waals surface area contributed by atoms with Gasteiger partial charge in [0.15, 0.2) is 0 Å². The number of rotatable bonds is 2. The van der Waals surface area contributed by atoms with E-state index in [9.17, 15) is 0 Å². The van der Waals surface area contributed by atoms with Gasteiger partial charge in [0.25, 0.3) is 0 Å². The summed E-state index contributed by atoms with van der Waals surface area (Å²) in [5.41, 5.74) is 0.328. The van der Waals surface area contributed by atoms with Gasteiger partial charge in [0.1, 0.15) is 0 Å². The standard InChI is InChI=1S/C15H30N2O/c1-11-9-16-14(15(3,4)5)10-17(11)12(2)13-7-6-8-18-13/h11-14,16H,6-10H2,1-5H3. The Morgan fingerprint density at radius 2 is 2.06 bits per heavy atom. The second-order valence-corrected chi connectivity index (χ2v) is 7.16. The van der Waals surface area contributed by atoms with Gasteiger partial charge in [0.2, 0.25) is 0 Å². The molecule has 106 valence electrons. The number of hydrogen-bond donors (Lipinski definition) is 1. The van der Waals surface area contributed by atoms with Crippen molar-refractivity contribution in [3.8, 4) is 0 Å². The van der Waals surface area contributed by atoms with Crippen LogP contribution in [-0.2, 0) is 4.74 Å². The van der Waals surface area contributed by atoms with Gasteiger partial charge >= 0.3 is 0 Å². The highest BCUT2D eigenvalue weighted by molar-refractivity contribution is 4.94. The first-order valence-corrected chi connectivity index (χ1v) is 7.50. The third-order valence-corrected chi connectivity index (χ3v) is 4.69. The SMILES string of the molecule is CC1CNC(C(C)(C)C)CN1C(C)C1CCCO1. The first-order chi connectivity index (χ1) is 8.39. The molecule has 0 bridgehead atoms. The Kier molecular flexibility index (Phi) is 4.35. The number of piperazine rings is 1. The molecule has 2 aliphatic heterocycles. The summed E-state index contributed by atoms with van der Waals surface area (Å²) in [5, 5.41) is 3.70. The van der Waals surface area contributed by atoms with Crippen molar-refractivity contribution in [2.24, 2.45) is 5.41 Å². The average Bonchev–Trinajstić information content (AvgIpc) is 2.80. The number of nitrogens with zero attached hydrogens (tertiary/aromatic N) is 1. The van der Waals surface area contributed by atoms with Crippen LogP contribution in [0, 0.1) is 5.41 Å². The fraction of sp³-hybridized carbons (Fsp3) is 1.00. The van der Waals surface area contributed by atoms with Crippen LogP contribution in [0.15, 0.2) is 0 Å². The summed E-state index contributed by atoms with van der Waals surface area (Å²) in [4.78, 5) is 2.66. The van der Waals surface area contributed by atoms with Crippen LogP contribution >= 0.6 is 0 Å². The van der Waals surface area contributed by atoms with Gasteiger partial charge in [-0.1, -0.05) is 20.8 Å². The lowest BCUT2D eigenvalue weighted by Gasteiger charge is -2.47. The van der Waals surface area contributed by atoms with Crippen LogP contribution in [0.3, 0.4) is 0 Å². The van der Waals surface area contributed by atoms with Crippen molar-refractivity contribution in [3.05, 3.63) is 0 Å². The maximum Gasteiger partial charge on any atom is 0.0728 e. The van der Waals surface area contributed by atoms with Crippen molar-refractivity contribution < 1.29 is 4.74 Å². The predicted octanol–water partition coefficient (Wildman–Crippen LogP) is 2.26. The summed E-state index contributed by atoms with van der Waals surface area (Å²) in [5.74, 6) is 0. The molecule has 1 N–H and O–H groups in total. The molecule has 2 fully saturated rings. The highest BCUT2D eigenvalue weighted by Crippen LogP contribution is 2.27. The summed E-state index contributed by atoms with van der Waals surface area (Å²) in [6.45, 7) is 14.9. The Hall–Kier alpha value is -0.120. The molecule has 0 aromatic rings. The maximum absolute atomic E-state index is 5.88. The molecule has 0 aliphatic carbocycles. The van der Waals surface area contributed by atoms with E-state index >= 15 is 0 Å². The van der Waals surface area contributed by atoms with E-state index in [1.807, 2.05) is 0 Å². The van der Waals surface area contributed by atoms with Crippen molar-refractivity contribution in [1.29, 1.82) is 0 Å². The zero-order chi connectivity index (χ0) is 13.3. The zero-order valence-electron chi connectivity index (χ0n) is 12.7. The van der Waals surface area contributed by atoms with Crippen LogP contribution in [0.2, 0.25) is 0 Å². The molecule has 2 aliphatic rings. The van der Waals surface area contributed by atoms with Crippen LogP contribution < -0.4 is 5.32 Å². The van der Waals surface area contributed by atoms with E-state index in [-0.39, 0.29) is 0 Å². The monoisotopic (exact) mass is 254 g/mol. The zero-order valence-corrected chi connectivity index (χ0v) is 12.7. The van der Waals surface area contributed by atoms with Crippen LogP contribution in [-0.4, -0.2) is 48.8 Å². The largest absolute Gasteiger partial charge is 0.377 e. The molecule has 0 spiro atoms. The molecule has 0 aromatic carbocycles. The minimum atomic E-state index is 0.328. The highest BCUT2D eigenvalue weighted by atomic mass is 16.5. The van der Waals surface area contributed by atoms with Gasteiger partial charge in [-0.2, -0.15) is 0 Å². The van der Waals surface area contributed by atoms with Crippen molar-refractivity contribution in [2.75, 3.05) is 19.7 Å². The van der Waals surface area contributed by atoms with E-state index in [1.165, 1.54) is 12.8 Å². The molecule has 0 saturated carbocycles. The lowest BCUT2D eigenvalue weighted by Crippen LogP contribution is -2.62. The molecule has 2 heterocycles. The minimum Gasteiger partial charge on any atom is -0.377 e. The van der Waals surface area contributed by atoms with Gasteiger partial charge in [0, 0.05) is 37.8 Å². The highest BCUT2D eigenvalue weighted by Gasteiger charge is 2.37. The van der Waals surface area contributed by atoms with Crippen molar-refractivity contribution >= 4 is 0 Å². The molecule has 0 amide bonds. The van der Waals surface area contributed by atoms with Crippen LogP contribution in [0.4, 0.5) is 0 Å². The summed E-state index contributed by atoms with van der Waals surface area (Å²) in [6, 6.07) is 1.75. The molecule has 4 unspecified atom stereocenters. The quantitative estimate of drug-likeness (QED) is 0.818. The molecule has 4 atom stereocenters. The third-order valence-electron chi connectivity index (χ3n) is 4.69. The van der Waals surface area contributed by atoms with Crippen molar-refractivity contribution in [2.45, 2.75) is 71.7 Å². The molecule has 2 saturated heterocycles. The van der Waals surface area contributed by atoms with E-state index in [2.05, 4.69) is 44.8 Å². The third kappa shape index (κ3) is 3.06. The molecule has 3 heteroatoms. The Labute approximate surface area is 112 Å². The fourth-order valence-electron chi connectivity index (χ4n) is 3.23. The van der Waals surface area contributed by atoms with Crippen LogP contribution in [0.1, 0.15) is 47.5 Å². The average molecular weight is 254 g/mol. The first-order valence-electron chi connectivity index (χ1n) is 7.50. The Morgan fingerprint density at radius 3 is 2.61 bits per heavy atom. The Morgan fingerprint density at radius 1 is 1.33 bits per heavy atom. The first kappa shape index (κ1) is 14.3. The normalized spacial score (nSPS) is 36.8. The molecular formula is C15H30N2O. The van der Waals surface area contributed by atoms with Gasteiger partial charge in [-0.3, -0.25) is 4.90 Å². The molecular weight excluding hydrogens is 224 g/mol. The summed E-state index contributed by atoms with van der Waals surface area (Å²) < 4.78 is 5.88. The lowest BCUT2D eigenvalue weighted by molar-refractivity contribution is -0.0113. The summed E-state index contributed by atoms with van der Waals surface area (Å²) in [7, 11) is 0. The number of nitrogens with one attached hydrogen (secondary N) is 1. The van der Waals surface area contributed by atoms with Gasteiger partial charge in [0.05, 0.1) is 6.10 Å². The topological polar surface area (TPSA) is 24.5 Å². The Balaban J connectivity index is 2.00. The minimum absolute atomic E-state index is 0.328. The van der Waals surface area contributed by atoms with E-state index in [0.717, 1.165) is 19.7 Å². The predicted molar refractivity (Wildman–Crippen MR) is 75.8 cm³/mol. The van der Waals surface area contributed by atoms with Gasteiger partial charge in [-0.15, -0.1) is 0 Å². The maximum atomic E-state index is 5.88. The number of ether oxygens (including phenoxy) is 1. The van der Waals surface area contributed by atoms with Crippen LogP contribution in [0.25, 0.3) is 0 Å². The van der Waals surface area contributed by atoms with E-state index in [4.69, 9.17) is 4.74 Å². The van der Waals surface area contributed by atoms with E-state index in [1.54, 1.807) is 0 Å². The van der Waals surface area contributed by atoms with Gasteiger partial charge in [-0.05, 0) is 32.1 Å². The summed E-state index contributed by atoms with van der Waals surface area (Å²) >= 11 is 0. The molecule has 2 rings (SSSR count). The molecule has 0 aromatic heterocycles. The van der Waals surface area contributed by atoms with Crippen molar-refractivity contribution in [1.82, 2.24) is 10.2 Å². The van der Waals surface area contributed by atoms with Gasteiger partial charge in [-0.25, -0.2) is 0 Å². The van der Waals surface area contributed by atoms with E-state index < -0.39 is 0 Å². The van der Waals surface area contributed by atoms with E-state index in [0.29, 0.717) is 29.6 Å². The van der Waals surface area contributed by atoms with Crippen molar-refractivity contribution in [3.63, 3.8) is 0 Å².